The second kappa shape index (κ2) is 7.77. The van der Waals surface area contributed by atoms with Crippen LogP contribution in [0.5, 0.6) is 11.5 Å². The highest BCUT2D eigenvalue weighted by Gasteiger charge is 2.10. The van der Waals surface area contributed by atoms with Crippen molar-refractivity contribution in [3.05, 3.63) is 35.9 Å². The van der Waals surface area contributed by atoms with Gasteiger partial charge in [0.2, 0.25) is 0 Å². The fourth-order valence-corrected chi connectivity index (χ4v) is 1.67. The Labute approximate surface area is 110 Å². The van der Waals surface area contributed by atoms with E-state index < -0.39 is 0 Å². The number of ether oxygens (including phenoxy) is 2. The first-order valence-electron chi connectivity index (χ1n) is 6.41. The number of para-hydroxylation sites is 1. The van der Waals surface area contributed by atoms with E-state index in [9.17, 15) is 0 Å². The van der Waals surface area contributed by atoms with Crippen molar-refractivity contribution in [1.82, 2.24) is 0 Å². The zero-order valence-electron chi connectivity index (χ0n) is 11.4. The van der Waals surface area contributed by atoms with E-state index in [0.29, 0.717) is 19.8 Å². The maximum atomic E-state index is 5.84. The van der Waals surface area contributed by atoms with E-state index in [1.807, 2.05) is 32.0 Å². The molecule has 0 aliphatic rings. The second-order valence-electron chi connectivity index (χ2n) is 4.27. The van der Waals surface area contributed by atoms with Crippen molar-refractivity contribution in [3.63, 3.8) is 0 Å². The summed E-state index contributed by atoms with van der Waals surface area (Å²) in [5.74, 6) is 1.62. The maximum Gasteiger partial charge on any atom is 0.164 e. The molecule has 3 heteroatoms. The van der Waals surface area contributed by atoms with E-state index in [-0.39, 0.29) is 0 Å². The van der Waals surface area contributed by atoms with E-state index in [1.54, 1.807) is 0 Å². The van der Waals surface area contributed by atoms with E-state index in [0.717, 1.165) is 35.5 Å². The lowest BCUT2D eigenvalue weighted by atomic mass is 10.1. The van der Waals surface area contributed by atoms with Crippen LogP contribution in [0.4, 0.5) is 0 Å². The first-order valence-corrected chi connectivity index (χ1v) is 6.41. The largest absolute Gasteiger partial charge is 0.490 e. The zero-order chi connectivity index (χ0) is 13.4. The van der Waals surface area contributed by atoms with Gasteiger partial charge >= 0.3 is 0 Å². The van der Waals surface area contributed by atoms with Gasteiger partial charge in [-0.2, -0.15) is 0 Å². The van der Waals surface area contributed by atoms with Crippen molar-refractivity contribution in [2.75, 3.05) is 19.8 Å². The molecule has 0 fully saturated rings. The van der Waals surface area contributed by atoms with Gasteiger partial charge in [0.05, 0.1) is 13.2 Å². The number of nitrogens with two attached hydrogens (primary N) is 1. The van der Waals surface area contributed by atoms with Crippen molar-refractivity contribution >= 4 is 0 Å². The van der Waals surface area contributed by atoms with Crippen LogP contribution >= 0.6 is 0 Å². The fraction of sp³-hybridized carbons (Fsp3) is 0.467. The monoisotopic (exact) mass is 249 g/mol. The summed E-state index contributed by atoms with van der Waals surface area (Å²) in [6, 6.07) is 5.94. The first kappa shape index (κ1) is 14.6. The van der Waals surface area contributed by atoms with Gasteiger partial charge in [0, 0.05) is 6.42 Å². The standard InChI is InChI=1S/C15H23NO2/c1-4-17-14-7-5-6-13(8-10-16)15(14)18-11-9-12(2)3/h5-7H,2,4,8-11,16H2,1,3H3. The van der Waals surface area contributed by atoms with E-state index in [1.165, 1.54) is 0 Å². The molecule has 0 aliphatic carbocycles. The summed E-state index contributed by atoms with van der Waals surface area (Å²) in [6.45, 7) is 9.69. The van der Waals surface area contributed by atoms with Gasteiger partial charge in [-0.3, -0.25) is 0 Å². The van der Waals surface area contributed by atoms with Crippen LogP contribution in [0.1, 0.15) is 25.8 Å². The van der Waals surface area contributed by atoms with Crippen LogP contribution in [0, 0.1) is 0 Å². The Kier molecular flexibility index (Phi) is 6.29. The molecule has 100 valence electrons. The highest BCUT2D eigenvalue weighted by atomic mass is 16.5. The number of rotatable bonds is 8. The molecule has 1 rings (SSSR count). The first-order chi connectivity index (χ1) is 8.69. The molecule has 0 radical (unpaired) electrons. The molecule has 0 aliphatic heterocycles. The van der Waals surface area contributed by atoms with Crippen molar-refractivity contribution in [1.29, 1.82) is 0 Å². The van der Waals surface area contributed by atoms with Crippen LogP contribution in [0.15, 0.2) is 30.4 Å². The summed E-state index contributed by atoms with van der Waals surface area (Å²) in [4.78, 5) is 0. The van der Waals surface area contributed by atoms with Crippen LogP contribution in [0.3, 0.4) is 0 Å². The topological polar surface area (TPSA) is 44.5 Å². The Morgan fingerprint density at radius 3 is 2.72 bits per heavy atom. The van der Waals surface area contributed by atoms with Gasteiger partial charge in [0.15, 0.2) is 11.5 Å². The lowest BCUT2D eigenvalue weighted by Gasteiger charge is -2.15. The highest BCUT2D eigenvalue weighted by molar-refractivity contribution is 5.46. The van der Waals surface area contributed by atoms with Gasteiger partial charge in [-0.25, -0.2) is 0 Å². The van der Waals surface area contributed by atoms with Gasteiger partial charge in [0.1, 0.15) is 0 Å². The summed E-state index contributed by atoms with van der Waals surface area (Å²) >= 11 is 0. The molecule has 0 spiro atoms. The van der Waals surface area contributed by atoms with Crippen molar-refractivity contribution in [3.8, 4) is 11.5 Å². The Hall–Kier alpha value is -1.48. The SMILES string of the molecule is C=C(C)CCOc1c(CCN)cccc1OCC. The molecule has 1 aromatic carbocycles. The number of benzene rings is 1. The van der Waals surface area contributed by atoms with Crippen LogP contribution in [0.2, 0.25) is 0 Å². The fourth-order valence-electron chi connectivity index (χ4n) is 1.67. The Morgan fingerprint density at radius 1 is 1.33 bits per heavy atom. The molecule has 2 N–H and O–H groups in total. The minimum Gasteiger partial charge on any atom is -0.490 e. The van der Waals surface area contributed by atoms with E-state index in [2.05, 4.69) is 6.58 Å². The maximum absolute atomic E-state index is 5.84. The van der Waals surface area contributed by atoms with Crippen LogP contribution < -0.4 is 15.2 Å². The van der Waals surface area contributed by atoms with Crippen LogP contribution in [-0.4, -0.2) is 19.8 Å². The van der Waals surface area contributed by atoms with Crippen LogP contribution in [0.25, 0.3) is 0 Å². The second-order valence-corrected chi connectivity index (χ2v) is 4.27. The molecule has 18 heavy (non-hydrogen) atoms. The average molecular weight is 249 g/mol. The molecule has 0 saturated heterocycles. The van der Waals surface area contributed by atoms with Crippen molar-refractivity contribution in [2.45, 2.75) is 26.7 Å². The predicted octanol–water partition coefficient (Wildman–Crippen LogP) is 2.93. The van der Waals surface area contributed by atoms with Crippen molar-refractivity contribution < 1.29 is 9.47 Å². The molecule has 0 saturated carbocycles. The molecule has 0 aromatic heterocycles. The molecule has 0 amide bonds. The molecule has 3 nitrogen and oxygen atoms in total. The molecule has 0 unspecified atom stereocenters. The Balaban J connectivity index is 2.83. The van der Waals surface area contributed by atoms with Gasteiger partial charge in [-0.1, -0.05) is 17.7 Å². The summed E-state index contributed by atoms with van der Waals surface area (Å²) < 4.78 is 11.4. The number of hydrogen-bond donors (Lipinski definition) is 1. The third kappa shape index (κ3) is 4.41. The molecule has 0 bridgehead atoms. The smallest absolute Gasteiger partial charge is 0.164 e. The van der Waals surface area contributed by atoms with E-state index >= 15 is 0 Å². The molecular weight excluding hydrogens is 226 g/mol. The zero-order valence-corrected chi connectivity index (χ0v) is 11.4. The van der Waals surface area contributed by atoms with Crippen LogP contribution in [-0.2, 0) is 6.42 Å². The van der Waals surface area contributed by atoms with Gasteiger partial charge < -0.3 is 15.2 Å². The summed E-state index contributed by atoms with van der Waals surface area (Å²) in [6.07, 6.45) is 1.64. The summed E-state index contributed by atoms with van der Waals surface area (Å²) in [7, 11) is 0. The normalized spacial score (nSPS) is 10.2. The van der Waals surface area contributed by atoms with E-state index in [4.69, 9.17) is 15.2 Å². The van der Waals surface area contributed by atoms with Gasteiger partial charge in [-0.05, 0) is 38.4 Å². The molecule has 1 aromatic rings. The quantitative estimate of drug-likeness (QED) is 0.720. The summed E-state index contributed by atoms with van der Waals surface area (Å²) in [5, 5.41) is 0. The van der Waals surface area contributed by atoms with Crippen molar-refractivity contribution in [2.24, 2.45) is 5.73 Å². The third-order valence-electron chi connectivity index (χ3n) is 2.55. The van der Waals surface area contributed by atoms with Gasteiger partial charge in [0.25, 0.3) is 0 Å². The summed E-state index contributed by atoms with van der Waals surface area (Å²) in [5.41, 5.74) is 7.84. The molecule has 0 heterocycles. The third-order valence-corrected chi connectivity index (χ3v) is 2.55. The Morgan fingerprint density at radius 2 is 2.11 bits per heavy atom. The minimum absolute atomic E-state index is 0.604. The highest BCUT2D eigenvalue weighted by Crippen LogP contribution is 2.31. The average Bonchev–Trinajstić information content (AvgIpc) is 2.32. The van der Waals surface area contributed by atoms with Gasteiger partial charge in [-0.15, -0.1) is 6.58 Å². The lowest BCUT2D eigenvalue weighted by Crippen LogP contribution is -2.08. The Bertz CT molecular complexity index is 364. The predicted molar refractivity (Wildman–Crippen MR) is 75.3 cm³/mol. The lowest BCUT2D eigenvalue weighted by molar-refractivity contribution is 0.276. The number of hydrogen-bond acceptors (Lipinski definition) is 3. The molecule has 0 atom stereocenters. The minimum atomic E-state index is 0.604. The molecular formula is C15H23NO2.